The van der Waals surface area contributed by atoms with Gasteiger partial charge in [0, 0.05) is 10.9 Å². The molecule has 2 aromatic rings. The van der Waals surface area contributed by atoms with Crippen LogP contribution >= 0.6 is 7.37 Å². The maximum atomic E-state index is 13.3. The highest BCUT2D eigenvalue weighted by Crippen LogP contribution is 2.49. The summed E-state index contributed by atoms with van der Waals surface area (Å²) < 4.78 is 18.8. The number of hydrogen-bond donors (Lipinski definition) is 0. The summed E-state index contributed by atoms with van der Waals surface area (Å²) in [4.78, 5) is 13.0. The minimum Gasteiger partial charge on any atom is -0.320 e. The van der Waals surface area contributed by atoms with E-state index in [1.807, 2.05) is 39.0 Å². The van der Waals surface area contributed by atoms with E-state index in [9.17, 15) is 9.36 Å². The van der Waals surface area contributed by atoms with Crippen LogP contribution < -0.4 is 5.30 Å². The van der Waals surface area contributed by atoms with Crippen molar-refractivity contribution in [2.24, 2.45) is 0 Å². The van der Waals surface area contributed by atoms with Crippen molar-refractivity contribution < 1.29 is 13.9 Å². The van der Waals surface area contributed by atoms with Gasteiger partial charge in [-0.15, -0.1) is 0 Å². The summed E-state index contributed by atoms with van der Waals surface area (Å²) in [5, 5.41) is 0.444. The molecule has 1 unspecified atom stereocenters. The van der Waals surface area contributed by atoms with E-state index in [0.29, 0.717) is 10.9 Å². The summed E-state index contributed by atoms with van der Waals surface area (Å²) in [5.74, 6) is 0. The van der Waals surface area contributed by atoms with Gasteiger partial charge < -0.3 is 4.52 Å². The third-order valence-electron chi connectivity index (χ3n) is 3.75. The van der Waals surface area contributed by atoms with Crippen LogP contribution in [0.15, 0.2) is 42.5 Å². The van der Waals surface area contributed by atoms with Gasteiger partial charge in [0.05, 0.1) is 6.61 Å². The van der Waals surface area contributed by atoms with Crippen molar-refractivity contribution >= 4 is 18.2 Å². The average Bonchev–Trinajstić information content (AvgIpc) is 2.51. The minimum absolute atomic E-state index is 0.224. The van der Waals surface area contributed by atoms with E-state index in [1.165, 1.54) is 0 Å². The summed E-state index contributed by atoms with van der Waals surface area (Å²) in [6.07, 6.45) is 0. The standard InChI is InChI=1S/C18H21O3P/c1-5-21-22(20,16-9-7-6-8-10-16)18(19)17-12-14(3)13(2)11-15(17)4/h6-12H,5H2,1-4H3. The molecule has 1 atom stereocenters. The van der Waals surface area contributed by atoms with Gasteiger partial charge in [0.25, 0.3) is 5.52 Å². The molecule has 0 N–H and O–H groups in total. The Morgan fingerprint density at radius 1 is 1.00 bits per heavy atom. The fourth-order valence-corrected chi connectivity index (χ4v) is 4.39. The molecular formula is C18H21O3P. The Morgan fingerprint density at radius 3 is 2.18 bits per heavy atom. The molecule has 0 saturated carbocycles. The molecule has 0 radical (unpaired) electrons. The van der Waals surface area contributed by atoms with Crippen molar-refractivity contribution in [2.75, 3.05) is 6.61 Å². The lowest BCUT2D eigenvalue weighted by atomic mass is 10.0. The maximum Gasteiger partial charge on any atom is 0.300 e. The predicted octanol–water partition coefficient (Wildman–Crippen LogP) is 4.39. The summed E-state index contributed by atoms with van der Waals surface area (Å²) in [7, 11) is -3.59. The SMILES string of the molecule is CCOP(=O)(C(=O)c1cc(C)c(C)cc1C)c1ccccc1. The van der Waals surface area contributed by atoms with Gasteiger partial charge in [-0.3, -0.25) is 9.36 Å². The van der Waals surface area contributed by atoms with Gasteiger partial charge in [0.1, 0.15) is 0 Å². The maximum absolute atomic E-state index is 13.3. The smallest absolute Gasteiger partial charge is 0.300 e. The molecular weight excluding hydrogens is 295 g/mol. The zero-order valence-corrected chi connectivity index (χ0v) is 14.3. The molecule has 22 heavy (non-hydrogen) atoms. The third kappa shape index (κ3) is 3.06. The average molecular weight is 316 g/mol. The molecule has 2 aromatic carbocycles. The van der Waals surface area contributed by atoms with E-state index in [2.05, 4.69) is 0 Å². The van der Waals surface area contributed by atoms with Gasteiger partial charge in [-0.05, 0) is 62.6 Å². The van der Waals surface area contributed by atoms with Crippen LogP contribution in [-0.2, 0) is 9.09 Å². The zero-order chi connectivity index (χ0) is 16.3. The van der Waals surface area contributed by atoms with Crippen LogP contribution in [0.3, 0.4) is 0 Å². The fourth-order valence-electron chi connectivity index (χ4n) is 2.41. The van der Waals surface area contributed by atoms with Gasteiger partial charge in [-0.25, -0.2) is 0 Å². The Bertz CT molecular complexity index is 735. The Balaban J connectivity index is 2.57. The first-order valence-corrected chi connectivity index (χ1v) is 8.95. The number of carbonyl (C=O) groups excluding carboxylic acids is 1. The van der Waals surface area contributed by atoms with E-state index in [-0.39, 0.29) is 6.61 Å². The molecule has 0 amide bonds. The van der Waals surface area contributed by atoms with Crippen LogP contribution in [0.5, 0.6) is 0 Å². The number of benzene rings is 2. The van der Waals surface area contributed by atoms with Gasteiger partial charge in [0.15, 0.2) is 0 Å². The molecule has 0 bridgehead atoms. The van der Waals surface area contributed by atoms with Crippen LogP contribution in [-0.4, -0.2) is 12.1 Å². The lowest BCUT2D eigenvalue weighted by Gasteiger charge is -2.18. The quantitative estimate of drug-likeness (QED) is 0.768. The van der Waals surface area contributed by atoms with Gasteiger partial charge in [-0.1, -0.05) is 24.3 Å². The fraction of sp³-hybridized carbons (Fsp3) is 0.278. The first-order chi connectivity index (χ1) is 10.4. The summed E-state index contributed by atoms with van der Waals surface area (Å²) in [6, 6.07) is 12.5. The molecule has 0 aromatic heterocycles. The molecule has 2 rings (SSSR count). The highest BCUT2D eigenvalue weighted by molar-refractivity contribution is 7.83. The van der Waals surface area contributed by atoms with E-state index in [0.717, 1.165) is 16.7 Å². The minimum atomic E-state index is -3.59. The van der Waals surface area contributed by atoms with E-state index in [4.69, 9.17) is 4.52 Å². The second-order valence-corrected chi connectivity index (χ2v) is 7.65. The van der Waals surface area contributed by atoms with Crippen molar-refractivity contribution in [3.63, 3.8) is 0 Å². The van der Waals surface area contributed by atoms with Gasteiger partial charge in [-0.2, -0.15) is 0 Å². The predicted molar refractivity (Wildman–Crippen MR) is 90.3 cm³/mol. The van der Waals surface area contributed by atoms with Crippen molar-refractivity contribution in [1.82, 2.24) is 0 Å². The van der Waals surface area contributed by atoms with E-state index < -0.39 is 12.9 Å². The highest BCUT2D eigenvalue weighted by Gasteiger charge is 2.36. The van der Waals surface area contributed by atoms with Crippen molar-refractivity contribution in [3.05, 3.63) is 64.7 Å². The Morgan fingerprint density at radius 2 is 1.59 bits per heavy atom. The summed E-state index contributed by atoms with van der Waals surface area (Å²) >= 11 is 0. The molecule has 0 saturated heterocycles. The highest BCUT2D eigenvalue weighted by atomic mass is 31.2. The van der Waals surface area contributed by atoms with Crippen LogP contribution in [0.2, 0.25) is 0 Å². The van der Waals surface area contributed by atoms with Gasteiger partial charge in [0.2, 0.25) is 0 Å². The topological polar surface area (TPSA) is 43.4 Å². The largest absolute Gasteiger partial charge is 0.320 e. The molecule has 0 heterocycles. The number of hydrogen-bond acceptors (Lipinski definition) is 3. The molecule has 3 nitrogen and oxygen atoms in total. The van der Waals surface area contributed by atoms with E-state index >= 15 is 0 Å². The first kappa shape index (κ1) is 16.7. The Labute approximate surface area is 131 Å². The first-order valence-electron chi connectivity index (χ1n) is 7.33. The van der Waals surface area contributed by atoms with Gasteiger partial charge >= 0.3 is 7.37 Å². The Kier molecular flexibility index (Phi) is 5.00. The second-order valence-electron chi connectivity index (χ2n) is 5.36. The molecule has 0 aliphatic heterocycles. The normalized spacial score (nSPS) is 13.6. The molecule has 0 fully saturated rings. The number of carbonyl (C=O) groups is 1. The van der Waals surface area contributed by atoms with Crippen molar-refractivity contribution in [1.29, 1.82) is 0 Å². The van der Waals surface area contributed by atoms with Crippen LogP contribution in [0, 0.1) is 20.8 Å². The number of aryl methyl sites for hydroxylation is 3. The van der Waals surface area contributed by atoms with Crippen molar-refractivity contribution in [3.8, 4) is 0 Å². The van der Waals surface area contributed by atoms with Crippen LogP contribution in [0.25, 0.3) is 0 Å². The molecule has 0 spiro atoms. The van der Waals surface area contributed by atoms with Crippen molar-refractivity contribution in [2.45, 2.75) is 27.7 Å². The monoisotopic (exact) mass is 316 g/mol. The molecule has 0 aliphatic carbocycles. The zero-order valence-electron chi connectivity index (χ0n) is 13.4. The molecule has 4 heteroatoms. The molecule has 116 valence electrons. The van der Waals surface area contributed by atoms with Crippen LogP contribution in [0.4, 0.5) is 0 Å². The van der Waals surface area contributed by atoms with E-state index in [1.54, 1.807) is 31.2 Å². The second kappa shape index (κ2) is 6.60. The lowest BCUT2D eigenvalue weighted by molar-refractivity contribution is 0.105. The summed E-state index contributed by atoms with van der Waals surface area (Å²) in [6.45, 7) is 7.77. The Hall–Kier alpha value is -1.70. The van der Waals surface area contributed by atoms with Crippen LogP contribution in [0.1, 0.15) is 34.0 Å². The summed E-state index contributed by atoms with van der Waals surface area (Å²) in [5.41, 5.74) is 2.99. The number of rotatable bonds is 5. The lowest BCUT2D eigenvalue weighted by Crippen LogP contribution is -2.16. The third-order valence-corrected chi connectivity index (χ3v) is 6.12. The molecule has 0 aliphatic rings.